The summed E-state index contributed by atoms with van der Waals surface area (Å²) in [5.74, 6) is 0. The van der Waals surface area contributed by atoms with Crippen LogP contribution in [-0.2, 0) is 13.0 Å². The van der Waals surface area contributed by atoms with E-state index in [4.69, 9.17) is 0 Å². The molecule has 0 fully saturated rings. The van der Waals surface area contributed by atoms with Gasteiger partial charge in [-0.05, 0) is 59.0 Å². The van der Waals surface area contributed by atoms with E-state index in [-0.39, 0.29) is 0 Å². The number of nitrogens with zero attached hydrogens (tertiary/aromatic N) is 2. The van der Waals surface area contributed by atoms with Crippen LogP contribution in [-0.4, -0.2) is 11.5 Å². The fraction of sp³-hybridized carbons (Fsp3) is 0.312. The molecule has 0 aliphatic carbocycles. The number of halogens is 1. The summed E-state index contributed by atoms with van der Waals surface area (Å²) in [6.45, 7) is 2.01. The van der Waals surface area contributed by atoms with Crippen LogP contribution >= 0.6 is 15.9 Å². The van der Waals surface area contributed by atoms with Crippen molar-refractivity contribution in [2.24, 2.45) is 0 Å². The zero-order chi connectivity index (χ0) is 13.1. The molecule has 1 aliphatic rings. The predicted molar refractivity (Wildman–Crippen MR) is 82.4 cm³/mol. The number of fused-ring (bicyclic) bond motifs is 1. The largest absolute Gasteiger partial charge is 0.365 e. The van der Waals surface area contributed by atoms with Crippen LogP contribution in [0.15, 0.2) is 47.1 Å². The van der Waals surface area contributed by atoms with Crippen molar-refractivity contribution in [3.05, 3.63) is 58.3 Å². The third-order valence-corrected chi connectivity index (χ3v) is 4.07. The van der Waals surface area contributed by atoms with Gasteiger partial charge in [-0.25, -0.2) is 0 Å². The molecule has 0 unspecified atom stereocenters. The Labute approximate surface area is 122 Å². The standard InChI is InChI=1S/C16H17BrN2/c17-14-8-9-15(18-11-14)12-19-10-4-3-6-13-5-1-2-7-16(13)19/h1-2,5,7-9,11H,3-4,6,10,12H2. The summed E-state index contributed by atoms with van der Waals surface area (Å²) in [4.78, 5) is 6.94. The van der Waals surface area contributed by atoms with Crippen LogP contribution in [0.4, 0.5) is 5.69 Å². The number of aromatic nitrogens is 1. The summed E-state index contributed by atoms with van der Waals surface area (Å²) in [6, 6.07) is 12.9. The molecule has 0 amide bonds. The molecule has 2 aromatic rings. The van der Waals surface area contributed by atoms with Crippen molar-refractivity contribution in [1.29, 1.82) is 0 Å². The van der Waals surface area contributed by atoms with Gasteiger partial charge in [-0.1, -0.05) is 18.2 Å². The van der Waals surface area contributed by atoms with Crippen molar-refractivity contribution in [1.82, 2.24) is 4.98 Å². The SMILES string of the molecule is Brc1ccc(CN2CCCCc3ccccc32)nc1. The number of hydrogen-bond acceptors (Lipinski definition) is 2. The lowest BCUT2D eigenvalue weighted by Crippen LogP contribution is -2.24. The van der Waals surface area contributed by atoms with Gasteiger partial charge in [0.25, 0.3) is 0 Å². The minimum atomic E-state index is 0.893. The highest BCUT2D eigenvalue weighted by Gasteiger charge is 2.15. The van der Waals surface area contributed by atoms with Gasteiger partial charge in [0.15, 0.2) is 0 Å². The van der Waals surface area contributed by atoms with Crippen LogP contribution in [0.5, 0.6) is 0 Å². The fourth-order valence-electron chi connectivity index (χ4n) is 2.63. The van der Waals surface area contributed by atoms with Gasteiger partial charge >= 0.3 is 0 Å². The Morgan fingerprint density at radius 1 is 1.11 bits per heavy atom. The van der Waals surface area contributed by atoms with Gasteiger partial charge in [0.2, 0.25) is 0 Å². The molecule has 1 aromatic heterocycles. The first-order chi connectivity index (χ1) is 9.33. The van der Waals surface area contributed by atoms with Crippen LogP contribution in [0, 0.1) is 0 Å². The van der Waals surface area contributed by atoms with Crippen molar-refractivity contribution in [2.45, 2.75) is 25.8 Å². The molecule has 1 aromatic carbocycles. The van der Waals surface area contributed by atoms with E-state index in [0.717, 1.165) is 23.3 Å². The van der Waals surface area contributed by atoms with Gasteiger partial charge in [-0.2, -0.15) is 0 Å². The lowest BCUT2D eigenvalue weighted by atomic mass is 10.1. The third-order valence-electron chi connectivity index (χ3n) is 3.60. The number of pyridine rings is 1. The van der Waals surface area contributed by atoms with Crippen molar-refractivity contribution < 1.29 is 0 Å². The summed E-state index contributed by atoms with van der Waals surface area (Å²) in [6.07, 6.45) is 5.60. The molecule has 0 atom stereocenters. The monoisotopic (exact) mass is 316 g/mol. The highest BCUT2D eigenvalue weighted by molar-refractivity contribution is 9.10. The number of para-hydroxylation sites is 1. The van der Waals surface area contributed by atoms with E-state index in [9.17, 15) is 0 Å². The van der Waals surface area contributed by atoms with Crippen molar-refractivity contribution in [3.63, 3.8) is 0 Å². The maximum Gasteiger partial charge on any atom is 0.0602 e. The smallest absolute Gasteiger partial charge is 0.0602 e. The van der Waals surface area contributed by atoms with E-state index >= 15 is 0 Å². The van der Waals surface area contributed by atoms with Crippen molar-refractivity contribution in [3.8, 4) is 0 Å². The third kappa shape index (κ3) is 2.98. The Hall–Kier alpha value is -1.35. The van der Waals surface area contributed by atoms with Crippen molar-refractivity contribution in [2.75, 3.05) is 11.4 Å². The average molecular weight is 317 g/mol. The van der Waals surface area contributed by atoms with E-state index in [1.807, 2.05) is 6.20 Å². The summed E-state index contributed by atoms with van der Waals surface area (Å²) in [5, 5.41) is 0. The zero-order valence-electron chi connectivity index (χ0n) is 10.8. The van der Waals surface area contributed by atoms with Gasteiger partial charge in [-0.3, -0.25) is 4.98 Å². The van der Waals surface area contributed by atoms with E-state index < -0.39 is 0 Å². The lowest BCUT2D eigenvalue weighted by molar-refractivity contribution is 0.708. The van der Waals surface area contributed by atoms with Gasteiger partial charge < -0.3 is 4.90 Å². The van der Waals surface area contributed by atoms with Crippen LogP contribution in [0.25, 0.3) is 0 Å². The second-order valence-electron chi connectivity index (χ2n) is 4.98. The molecule has 0 spiro atoms. The molecule has 2 nitrogen and oxygen atoms in total. The molecule has 19 heavy (non-hydrogen) atoms. The Kier molecular flexibility index (Phi) is 3.83. The molecule has 2 heterocycles. The first kappa shape index (κ1) is 12.7. The summed E-state index contributed by atoms with van der Waals surface area (Å²) >= 11 is 3.43. The molecule has 3 rings (SSSR count). The second-order valence-corrected chi connectivity index (χ2v) is 5.89. The Morgan fingerprint density at radius 2 is 2.00 bits per heavy atom. The van der Waals surface area contributed by atoms with Gasteiger partial charge in [-0.15, -0.1) is 0 Å². The molecule has 98 valence electrons. The van der Waals surface area contributed by atoms with E-state index in [2.05, 4.69) is 62.2 Å². The lowest BCUT2D eigenvalue weighted by Gasteiger charge is -2.24. The van der Waals surface area contributed by atoms with E-state index in [1.165, 1.54) is 30.5 Å². The Bertz CT molecular complexity index is 551. The van der Waals surface area contributed by atoms with Gasteiger partial charge in [0.1, 0.15) is 0 Å². The number of benzene rings is 1. The van der Waals surface area contributed by atoms with Crippen LogP contribution in [0.3, 0.4) is 0 Å². The minimum absolute atomic E-state index is 0.893. The van der Waals surface area contributed by atoms with E-state index in [0.29, 0.717) is 0 Å². The molecule has 0 saturated carbocycles. The average Bonchev–Trinajstić information content (AvgIpc) is 2.64. The molecular weight excluding hydrogens is 300 g/mol. The molecule has 0 bridgehead atoms. The Morgan fingerprint density at radius 3 is 2.84 bits per heavy atom. The topological polar surface area (TPSA) is 16.1 Å². The molecule has 1 aliphatic heterocycles. The normalized spacial score (nSPS) is 14.9. The van der Waals surface area contributed by atoms with Crippen LogP contribution in [0.1, 0.15) is 24.1 Å². The quantitative estimate of drug-likeness (QED) is 0.826. The number of hydrogen-bond donors (Lipinski definition) is 0. The Balaban J connectivity index is 1.86. The minimum Gasteiger partial charge on any atom is -0.365 e. The van der Waals surface area contributed by atoms with Gasteiger partial charge in [0, 0.05) is 22.9 Å². The molecular formula is C16H17BrN2. The maximum atomic E-state index is 4.49. The fourth-order valence-corrected chi connectivity index (χ4v) is 2.86. The second kappa shape index (κ2) is 5.74. The first-order valence-electron chi connectivity index (χ1n) is 6.76. The van der Waals surface area contributed by atoms with E-state index in [1.54, 1.807) is 0 Å². The molecule has 0 saturated heterocycles. The number of aryl methyl sites for hydroxylation is 1. The first-order valence-corrected chi connectivity index (χ1v) is 7.55. The predicted octanol–water partition coefficient (Wildman–Crippen LogP) is 4.19. The summed E-state index contributed by atoms with van der Waals surface area (Å²) < 4.78 is 1.03. The molecule has 3 heteroatoms. The molecule has 0 N–H and O–H groups in total. The summed E-state index contributed by atoms with van der Waals surface area (Å²) in [7, 11) is 0. The maximum absolute atomic E-state index is 4.49. The highest BCUT2D eigenvalue weighted by atomic mass is 79.9. The van der Waals surface area contributed by atoms with Gasteiger partial charge in [0.05, 0.1) is 12.2 Å². The van der Waals surface area contributed by atoms with Crippen molar-refractivity contribution >= 4 is 21.6 Å². The number of rotatable bonds is 2. The number of anilines is 1. The van der Waals surface area contributed by atoms with Crippen LogP contribution < -0.4 is 4.90 Å². The molecule has 0 radical (unpaired) electrons. The zero-order valence-corrected chi connectivity index (χ0v) is 12.4. The summed E-state index contributed by atoms with van der Waals surface area (Å²) in [5.41, 5.74) is 3.97. The highest BCUT2D eigenvalue weighted by Crippen LogP contribution is 2.27. The van der Waals surface area contributed by atoms with Crippen LogP contribution in [0.2, 0.25) is 0 Å².